The van der Waals surface area contributed by atoms with Crippen molar-refractivity contribution in [3.8, 4) is 22.9 Å². The maximum Gasteiger partial charge on any atom is 0.408 e. The number of hydrogen-bond acceptors (Lipinski definition) is 11. The van der Waals surface area contributed by atoms with Crippen LogP contribution in [0.4, 0.5) is 4.79 Å². The average molecular weight is 845 g/mol. The summed E-state index contributed by atoms with van der Waals surface area (Å²) >= 11 is 0. The van der Waals surface area contributed by atoms with Gasteiger partial charge in [0.1, 0.15) is 40.8 Å². The first-order valence-corrected chi connectivity index (χ1v) is 22.0. The molecule has 3 saturated carbocycles. The minimum absolute atomic E-state index is 0.000974. The average Bonchev–Trinajstić information content (AvgIpc) is 4.13. The van der Waals surface area contributed by atoms with Gasteiger partial charge in [0.25, 0.3) is 5.91 Å². The molecule has 3 N–H and O–H groups in total. The monoisotopic (exact) mass is 844 g/mol. The molecule has 0 radical (unpaired) electrons. The molecule has 60 heavy (non-hydrogen) atoms. The third kappa shape index (κ3) is 8.93. The Morgan fingerprint density at radius 3 is 2.35 bits per heavy atom. The van der Waals surface area contributed by atoms with E-state index in [9.17, 15) is 27.6 Å². The highest BCUT2D eigenvalue weighted by molar-refractivity contribution is 7.91. The lowest BCUT2D eigenvalue weighted by Crippen LogP contribution is -2.60. The smallest absolute Gasteiger partial charge is 0.408 e. The van der Waals surface area contributed by atoms with Crippen molar-refractivity contribution in [2.45, 2.75) is 121 Å². The number of nitrogens with one attached hydrogen (secondary N) is 3. The topological polar surface area (TPSA) is 195 Å². The minimum Gasteiger partial charge on any atom is -0.497 e. The van der Waals surface area contributed by atoms with Crippen molar-refractivity contribution in [1.82, 2.24) is 30.2 Å². The molecule has 16 heteroatoms. The lowest BCUT2D eigenvalue weighted by atomic mass is 9.85. The fourth-order valence-electron chi connectivity index (χ4n) is 8.07. The number of sulfonamides is 1. The van der Waals surface area contributed by atoms with Crippen molar-refractivity contribution in [2.24, 2.45) is 17.3 Å². The summed E-state index contributed by atoms with van der Waals surface area (Å²) in [6.07, 6.45) is 5.18. The van der Waals surface area contributed by atoms with E-state index in [4.69, 9.17) is 19.2 Å². The first-order valence-electron chi connectivity index (χ1n) is 20.6. The normalized spacial score (nSPS) is 23.9. The van der Waals surface area contributed by atoms with Crippen LogP contribution in [-0.4, -0.2) is 94.8 Å². The number of methoxy groups -OCH3 is 1. The Balaban J connectivity index is 1.20. The number of amides is 4. The Morgan fingerprint density at radius 1 is 1.03 bits per heavy atom. The summed E-state index contributed by atoms with van der Waals surface area (Å²) in [6, 6.07) is 10.3. The van der Waals surface area contributed by atoms with Crippen LogP contribution in [0.2, 0.25) is 0 Å². The molecule has 3 aromatic rings. The molecule has 1 aromatic carbocycles. The predicted molar refractivity (Wildman–Crippen MR) is 224 cm³/mol. The van der Waals surface area contributed by atoms with Gasteiger partial charge in [-0.15, -0.1) is 6.58 Å². The Hall–Kier alpha value is -5.25. The number of alkyl carbamates (subject to hydrolysis) is 1. The van der Waals surface area contributed by atoms with Gasteiger partial charge in [-0.05, 0) is 82.1 Å². The molecule has 15 nitrogen and oxygen atoms in total. The van der Waals surface area contributed by atoms with Gasteiger partial charge in [0.05, 0.1) is 35.3 Å². The second-order valence-corrected chi connectivity index (χ2v) is 20.9. The van der Waals surface area contributed by atoms with E-state index in [0.717, 1.165) is 12.8 Å². The lowest BCUT2D eigenvalue weighted by Gasteiger charge is -2.36. The maximum atomic E-state index is 14.8. The first-order chi connectivity index (χ1) is 28.2. The lowest BCUT2D eigenvalue weighted by molar-refractivity contribution is -0.143. The minimum atomic E-state index is -4.04. The molecule has 7 rings (SSSR count). The Morgan fingerprint density at radius 2 is 1.77 bits per heavy atom. The quantitative estimate of drug-likeness (QED) is 0.175. The Labute approximate surface area is 351 Å². The van der Waals surface area contributed by atoms with Crippen LogP contribution in [0, 0.1) is 17.3 Å². The van der Waals surface area contributed by atoms with E-state index in [1.807, 2.05) is 18.2 Å². The predicted octanol–water partition coefficient (Wildman–Crippen LogP) is 5.43. The summed E-state index contributed by atoms with van der Waals surface area (Å²) in [4.78, 5) is 67.2. The number of carbonyl (C=O) groups is 4. The number of ether oxygens (including phenoxy) is 3. The number of aromatic nitrogens is 2. The van der Waals surface area contributed by atoms with Crippen molar-refractivity contribution in [3.05, 3.63) is 61.3 Å². The van der Waals surface area contributed by atoms with Crippen LogP contribution in [0.25, 0.3) is 22.3 Å². The van der Waals surface area contributed by atoms with E-state index in [1.54, 1.807) is 79.1 Å². The van der Waals surface area contributed by atoms with Gasteiger partial charge >= 0.3 is 6.09 Å². The highest BCUT2D eigenvalue weighted by Gasteiger charge is 2.64. The zero-order chi connectivity index (χ0) is 43.4. The van der Waals surface area contributed by atoms with Crippen LogP contribution >= 0.6 is 0 Å². The third-order valence-corrected chi connectivity index (χ3v) is 14.0. The highest BCUT2D eigenvalue weighted by Crippen LogP contribution is 2.53. The van der Waals surface area contributed by atoms with Crippen molar-refractivity contribution < 1.29 is 41.8 Å². The summed E-state index contributed by atoms with van der Waals surface area (Å²) in [5, 5.41) is 6.26. The van der Waals surface area contributed by atoms with Crippen molar-refractivity contribution in [1.29, 1.82) is 0 Å². The number of rotatable bonds is 14. The van der Waals surface area contributed by atoms with Gasteiger partial charge in [-0.25, -0.2) is 18.2 Å². The van der Waals surface area contributed by atoms with Gasteiger partial charge < -0.3 is 29.7 Å². The molecular weight excluding hydrogens is 789 g/mol. The molecule has 0 unspecified atom stereocenters. The first kappa shape index (κ1) is 42.9. The van der Waals surface area contributed by atoms with Crippen LogP contribution in [0.3, 0.4) is 0 Å². The fourth-order valence-corrected chi connectivity index (χ4v) is 9.81. The van der Waals surface area contributed by atoms with Crippen molar-refractivity contribution >= 4 is 44.7 Å². The molecule has 322 valence electrons. The molecule has 0 spiro atoms. The number of pyridine rings is 2. The number of likely N-dealkylation sites (tertiary alicyclic amines) is 1. The van der Waals surface area contributed by atoms with Gasteiger partial charge in [0.15, 0.2) is 0 Å². The van der Waals surface area contributed by atoms with Gasteiger partial charge in [-0.2, -0.15) is 0 Å². The molecule has 3 heterocycles. The number of benzene rings is 1. The molecule has 0 bridgehead atoms. The van der Waals surface area contributed by atoms with Gasteiger partial charge in [-0.1, -0.05) is 45.8 Å². The summed E-state index contributed by atoms with van der Waals surface area (Å²) in [7, 11) is -2.48. The summed E-state index contributed by atoms with van der Waals surface area (Å²) in [6.45, 7) is 14.3. The van der Waals surface area contributed by atoms with E-state index in [1.165, 1.54) is 11.0 Å². The van der Waals surface area contributed by atoms with Crippen LogP contribution in [0.1, 0.15) is 86.5 Å². The van der Waals surface area contributed by atoms with Gasteiger partial charge in [0, 0.05) is 36.1 Å². The van der Waals surface area contributed by atoms with Crippen molar-refractivity contribution in [2.75, 3.05) is 13.7 Å². The molecule has 2 aromatic heterocycles. The van der Waals surface area contributed by atoms with E-state index in [0.29, 0.717) is 59.0 Å². The molecule has 4 fully saturated rings. The second-order valence-electron chi connectivity index (χ2n) is 18.8. The van der Waals surface area contributed by atoms with Crippen LogP contribution in [0.5, 0.6) is 11.5 Å². The SMILES string of the molecule is C=C[C@@H]1C[C@]1(NC(=O)[C@@H]1C[C@@H](Oc2cc(-c3ccccn3)nc3cc(OC)ccc23)CN1C(=O)[C@@H](NC(=O)OC(C)(C)C)C(C)(C)C)C(=O)NS(=O)(=O)C1(CC2CC2)CC1. The summed E-state index contributed by atoms with van der Waals surface area (Å²) in [5.41, 5.74) is -1.59. The van der Waals surface area contributed by atoms with Crippen LogP contribution in [0.15, 0.2) is 61.3 Å². The van der Waals surface area contributed by atoms with Gasteiger partial charge in [0.2, 0.25) is 21.8 Å². The molecule has 3 aliphatic carbocycles. The number of hydrogen-bond donors (Lipinski definition) is 3. The fraction of sp³-hybridized carbons (Fsp3) is 0.545. The number of fused-ring (bicyclic) bond motifs is 1. The zero-order valence-corrected chi connectivity index (χ0v) is 36.2. The van der Waals surface area contributed by atoms with E-state index in [-0.39, 0.29) is 19.4 Å². The van der Waals surface area contributed by atoms with Gasteiger partial charge in [-0.3, -0.25) is 24.1 Å². The van der Waals surface area contributed by atoms with E-state index in [2.05, 4.69) is 26.9 Å². The number of nitrogens with zero attached hydrogens (tertiary/aromatic N) is 3. The Bertz CT molecular complexity index is 2300. The van der Waals surface area contributed by atoms with E-state index < -0.39 is 79.2 Å². The van der Waals surface area contributed by atoms with Crippen LogP contribution < -0.4 is 24.8 Å². The molecule has 5 atom stereocenters. The third-order valence-electron chi connectivity index (χ3n) is 11.8. The molecule has 4 aliphatic rings. The number of carbonyl (C=O) groups excluding carboxylic acids is 4. The molecule has 1 saturated heterocycles. The molecular formula is C44H56N6O9S. The maximum absolute atomic E-state index is 14.8. The standard InChI is InChI=1S/C44H56N6O9S/c1-9-27-24-44(27,39(53)49-60(55,56)43(17-18-43)23-26-13-14-26)48-37(51)34-21-29(25-50(34)38(52)36(41(2,3)4)47-40(54)59-42(5,6)7)58-35-22-33(31-12-10-11-19-45-31)46-32-20-28(57-8)15-16-30(32)35/h9-12,15-16,19-20,22,26-27,29,34,36H,1,13-14,17-18,21,23-25H2,2-8H3,(H,47,54)(H,48,51)(H,49,53)/t27-,29-,34+,36-,44-/m1/s1. The second kappa shape index (κ2) is 15.7. The molecule has 1 aliphatic heterocycles. The molecule has 4 amide bonds. The largest absolute Gasteiger partial charge is 0.497 e. The van der Waals surface area contributed by atoms with Crippen molar-refractivity contribution in [3.63, 3.8) is 0 Å². The summed E-state index contributed by atoms with van der Waals surface area (Å²) in [5.74, 6) is -1.26. The van der Waals surface area contributed by atoms with Crippen LogP contribution in [-0.2, 0) is 29.1 Å². The zero-order valence-electron chi connectivity index (χ0n) is 35.4. The summed E-state index contributed by atoms with van der Waals surface area (Å²) < 4.78 is 46.4. The highest BCUT2D eigenvalue weighted by atomic mass is 32.2. The van der Waals surface area contributed by atoms with E-state index >= 15 is 0 Å². The Kier molecular flexibility index (Phi) is 11.2.